The first-order valence-electron chi connectivity index (χ1n) is 6.53. The van der Waals surface area contributed by atoms with E-state index in [1.165, 1.54) is 32.4 Å². The molecular weight excluding hydrogens is 276 g/mol. The third kappa shape index (κ3) is 4.30. The van der Waals surface area contributed by atoms with Gasteiger partial charge in [0.05, 0.1) is 37.5 Å². The van der Waals surface area contributed by atoms with Crippen molar-refractivity contribution in [2.45, 2.75) is 19.8 Å². The summed E-state index contributed by atoms with van der Waals surface area (Å²) in [7, 11) is 2.39. The molecule has 0 bridgehead atoms. The van der Waals surface area contributed by atoms with Crippen molar-refractivity contribution in [2.24, 2.45) is 0 Å². The smallest absolute Gasteiger partial charge is 0.338 e. The predicted octanol–water partition coefficient (Wildman–Crippen LogP) is 2.22. The first-order valence-corrected chi connectivity index (χ1v) is 6.53. The van der Waals surface area contributed by atoms with E-state index in [4.69, 9.17) is 4.74 Å². The normalized spacial score (nSPS) is 9.86. The maximum atomic E-state index is 11.8. The first-order chi connectivity index (χ1) is 10.0. The average Bonchev–Trinajstić information content (AvgIpc) is 2.52. The number of hydrogen-bond acceptors (Lipinski definition) is 6. The maximum Gasteiger partial charge on any atom is 0.338 e. The van der Waals surface area contributed by atoms with Gasteiger partial charge in [-0.1, -0.05) is 13.3 Å². The van der Waals surface area contributed by atoms with Crippen LogP contribution in [0.5, 0.6) is 0 Å². The number of esters is 3. The fraction of sp³-hybridized carbons (Fsp3) is 0.400. The lowest BCUT2D eigenvalue weighted by Crippen LogP contribution is -2.14. The quantitative estimate of drug-likeness (QED) is 0.455. The van der Waals surface area contributed by atoms with Gasteiger partial charge in [0, 0.05) is 0 Å². The molecule has 21 heavy (non-hydrogen) atoms. The van der Waals surface area contributed by atoms with E-state index < -0.39 is 17.9 Å². The van der Waals surface area contributed by atoms with Crippen molar-refractivity contribution in [3.8, 4) is 0 Å². The number of carbonyl (C=O) groups is 3. The van der Waals surface area contributed by atoms with Gasteiger partial charge in [-0.05, 0) is 24.6 Å². The van der Waals surface area contributed by atoms with Crippen LogP contribution in [0.3, 0.4) is 0 Å². The minimum atomic E-state index is -0.724. The zero-order valence-corrected chi connectivity index (χ0v) is 12.3. The number of carbonyl (C=O) groups excluding carboxylic acids is 3. The van der Waals surface area contributed by atoms with E-state index in [0.29, 0.717) is 6.61 Å². The summed E-state index contributed by atoms with van der Waals surface area (Å²) in [6.45, 7) is 2.29. The molecule has 0 spiro atoms. The van der Waals surface area contributed by atoms with Crippen LogP contribution >= 0.6 is 0 Å². The summed E-state index contributed by atoms with van der Waals surface area (Å²) in [4.78, 5) is 35.2. The van der Waals surface area contributed by atoms with Crippen molar-refractivity contribution in [1.82, 2.24) is 0 Å². The van der Waals surface area contributed by atoms with Gasteiger partial charge in [-0.25, -0.2) is 14.4 Å². The minimum absolute atomic E-state index is 0.0331. The van der Waals surface area contributed by atoms with E-state index in [1.807, 2.05) is 6.92 Å². The third-order valence-electron chi connectivity index (χ3n) is 2.80. The monoisotopic (exact) mass is 294 g/mol. The number of rotatable bonds is 6. The second-order valence-electron chi connectivity index (χ2n) is 4.23. The Morgan fingerprint density at radius 1 is 0.952 bits per heavy atom. The van der Waals surface area contributed by atoms with Crippen molar-refractivity contribution in [3.05, 3.63) is 34.9 Å². The lowest BCUT2D eigenvalue weighted by atomic mass is 10.0. The molecule has 0 atom stereocenters. The minimum Gasteiger partial charge on any atom is -0.465 e. The van der Waals surface area contributed by atoms with Crippen molar-refractivity contribution < 1.29 is 28.6 Å². The molecule has 0 aliphatic heterocycles. The lowest BCUT2D eigenvalue weighted by Gasteiger charge is -2.09. The van der Waals surface area contributed by atoms with Crippen LogP contribution in [0.1, 0.15) is 50.8 Å². The van der Waals surface area contributed by atoms with E-state index >= 15 is 0 Å². The number of unbranched alkanes of at least 4 members (excludes halogenated alkanes) is 1. The van der Waals surface area contributed by atoms with Crippen molar-refractivity contribution >= 4 is 17.9 Å². The topological polar surface area (TPSA) is 78.9 Å². The molecule has 1 rings (SSSR count). The molecule has 0 fully saturated rings. The molecule has 0 aromatic heterocycles. The molecule has 0 aliphatic rings. The van der Waals surface area contributed by atoms with Gasteiger partial charge in [0.25, 0.3) is 0 Å². The average molecular weight is 294 g/mol. The van der Waals surface area contributed by atoms with E-state index in [2.05, 4.69) is 9.47 Å². The highest BCUT2D eigenvalue weighted by molar-refractivity contribution is 6.05. The lowest BCUT2D eigenvalue weighted by molar-refractivity contribution is 0.0497. The summed E-state index contributed by atoms with van der Waals surface area (Å²) >= 11 is 0. The molecular formula is C15H18O6. The summed E-state index contributed by atoms with van der Waals surface area (Å²) in [6, 6.07) is 4.02. The Morgan fingerprint density at radius 2 is 1.57 bits per heavy atom. The zero-order valence-electron chi connectivity index (χ0n) is 12.3. The van der Waals surface area contributed by atoms with Crippen molar-refractivity contribution in [2.75, 3.05) is 20.8 Å². The summed E-state index contributed by atoms with van der Waals surface area (Å²) in [6.07, 6.45) is 1.66. The standard InChI is InChI=1S/C15H18O6/c1-4-5-8-21-13(16)10-6-7-11(14(17)19-2)12(9-10)15(18)20-3/h6-7,9H,4-5,8H2,1-3H3. The van der Waals surface area contributed by atoms with Crippen LogP contribution in [-0.2, 0) is 14.2 Å². The van der Waals surface area contributed by atoms with Gasteiger partial charge in [0.15, 0.2) is 0 Å². The SMILES string of the molecule is CCCCOC(=O)c1ccc(C(=O)OC)c(C(=O)OC)c1. The molecule has 0 aliphatic carbocycles. The zero-order chi connectivity index (χ0) is 15.8. The highest BCUT2D eigenvalue weighted by atomic mass is 16.5. The molecule has 0 radical (unpaired) electrons. The predicted molar refractivity (Wildman–Crippen MR) is 74.3 cm³/mol. The highest BCUT2D eigenvalue weighted by Crippen LogP contribution is 2.16. The maximum absolute atomic E-state index is 11.8. The molecule has 6 heteroatoms. The second-order valence-corrected chi connectivity index (χ2v) is 4.23. The Kier molecular flexibility index (Phi) is 6.39. The Bertz CT molecular complexity index is 535. The molecule has 6 nitrogen and oxygen atoms in total. The van der Waals surface area contributed by atoms with Gasteiger partial charge in [0.1, 0.15) is 0 Å². The summed E-state index contributed by atoms with van der Waals surface area (Å²) in [5.41, 5.74) is 0.183. The summed E-state index contributed by atoms with van der Waals surface area (Å²) < 4.78 is 14.3. The van der Waals surface area contributed by atoms with Crippen LogP contribution in [0.4, 0.5) is 0 Å². The largest absolute Gasteiger partial charge is 0.465 e. The Labute approximate surface area is 123 Å². The molecule has 1 aromatic rings. The first kappa shape index (κ1) is 16.7. The molecule has 0 saturated heterocycles. The number of ether oxygens (including phenoxy) is 3. The van der Waals surface area contributed by atoms with E-state index in [1.54, 1.807) is 0 Å². The van der Waals surface area contributed by atoms with Gasteiger partial charge in [-0.3, -0.25) is 0 Å². The molecule has 0 unspecified atom stereocenters. The van der Waals surface area contributed by atoms with E-state index in [-0.39, 0.29) is 16.7 Å². The molecule has 114 valence electrons. The van der Waals surface area contributed by atoms with E-state index in [0.717, 1.165) is 12.8 Å². The van der Waals surface area contributed by atoms with Crippen LogP contribution in [-0.4, -0.2) is 38.7 Å². The van der Waals surface area contributed by atoms with Crippen molar-refractivity contribution in [1.29, 1.82) is 0 Å². The van der Waals surface area contributed by atoms with Gasteiger partial charge in [-0.2, -0.15) is 0 Å². The second kappa shape index (κ2) is 8.04. The van der Waals surface area contributed by atoms with Gasteiger partial charge < -0.3 is 14.2 Å². The van der Waals surface area contributed by atoms with Crippen LogP contribution in [0, 0.1) is 0 Å². The molecule has 0 heterocycles. The van der Waals surface area contributed by atoms with Crippen LogP contribution in [0.2, 0.25) is 0 Å². The molecule has 0 N–H and O–H groups in total. The van der Waals surface area contributed by atoms with Crippen LogP contribution < -0.4 is 0 Å². The van der Waals surface area contributed by atoms with Gasteiger partial charge >= 0.3 is 17.9 Å². The summed E-state index contributed by atoms with van der Waals surface area (Å²) in [5.74, 6) is -1.95. The highest BCUT2D eigenvalue weighted by Gasteiger charge is 2.21. The van der Waals surface area contributed by atoms with E-state index in [9.17, 15) is 14.4 Å². The van der Waals surface area contributed by atoms with Crippen molar-refractivity contribution in [3.63, 3.8) is 0 Å². The van der Waals surface area contributed by atoms with Gasteiger partial charge in [0.2, 0.25) is 0 Å². The number of methoxy groups -OCH3 is 2. The summed E-state index contributed by atoms with van der Waals surface area (Å²) in [5, 5.41) is 0. The molecule has 0 amide bonds. The van der Waals surface area contributed by atoms with Crippen LogP contribution in [0.25, 0.3) is 0 Å². The molecule has 0 saturated carbocycles. The third-order valence-corrected chi connectivity index (χ3v) is 2.80. The number of benzene rings is 1. The Balaban J connectivity index is 3.06. The number of hydrogen-bond donors (Lipinski definition) is 0. The van der Waals surface area contributed by atoms with Crippen LogP contribution in [0.15, 0.2) is 18.2 Å². The fourth-order valence-corrected chi connectivity index (χ4v) is 1.63. The Hall–Kier alpha value is -2.37. The molecule has 1 aromatic carbocycles. The Morgan fingerprint density at radius 3 is 2.14 bits per heavy atom. The fourth-order valence-electron chi connectivity index (χ4n) is 1.63. The van der Waals surface area contributed by atoms with Gasteiger partial charge in [-0.15, -0.1) is 0 Å².